The second-order valence-electron chi connectivity index (χ2n) is 3.56. The van der Waals surface area contributed by atoms with Gasteiger partial charge in [-0.05, 0) is 18.7 Å². The zero-order valence-corrected chi connectivity index (χ0v) is 9.29. The van der Waals surface area contributed by atoms with Gasteiger partial charge in [-0.2, -0.15) is 0 Å². The van der Waals surface area contributed by atoms with Gasteiger partial charge in [-0.15, -0.1) is 0 Å². The number of halogens is 1. The van der Waals surface area contributed by atoms with Crippen LogP contribution in [0.1, 0.15) is 19.4 Å². The van der Waals surface area contributed by atoms with Crippen molar-refractivity contribution >= 4 is 18.1 Å². The van der Waals surface area contributed by atoms with Crippen LogP contribution in [-0.4, -0.2) is 19.5 Å². The molecule has 0 N–H and O–H groups in total. The van der Waals surface area contributed by atoms with E-state index in [1.165, 1.54) is 6.07 Å². The van der Waals surface area contributed by atoms with Crippen molar-refractivity contribution in [3.8, 4) is 0 Å². The van der Waals surface area contributed by atoms with Gasteiger partial charge in [0.15, 0.2) is 0 Å². The van der Waals surface area contributed by atoms with Crippen LogP contribution >= 0.6 is 0 Å². The first-order valence-electron chi connectivity index (χ1n) is 4.84. The first-order valence-corrected chi connectivity index (χ1v) is 4.84. The van der Waals surface area contributed by atoms with Crippen molar-refractivity contribution in [3.63, 3.8) is 0 Å². The molecule has 1 aromatic carbocycles. The second-order valence-corrected chi connectivity index (χ2v) is 3.56. The first kappa shape index (κ1) is 11.6. The predicted octanol–water partition coefficient (Wildman–Crippen LogP) is 3.23. The maximum absolute atomic E-state index is 13.4. The Balaban J connectivity index is 3.36. The van der Waals surface area contributed by atoms with E-state index in [1.54, 1.807) is 13.1 Å². The van der Waals surface area contributed by atoms with E-state index in [4.69, 9.17) is 0 Å². The monoisotopic (exact) mass is 206 g/mol. The van der Waals surface area contributed by atoms with E-state index in [0.29, 0.717) is 0 Å². The molecule has 15 heavy (non-hydrogen) atoms. The van der Waals surface area contributed by atoms with Crippen molar-refractivity contribution in [1.29, 1.82) is 0 Å². The molecule has 1 rings (SSSR count). The zero-order chi connectivity index (χ0) is 11.4. The fourth-order valence-electron chi connectivity index (χ4n) is 1.57. The van der Waals surface area contributed by atoms with Crippen LogP contribution in [0.25, 0.3) is 0 Å². The highest BCUT2D eigenvalue weighted by molar-refractivity contribution is 6.05. The lowest BCUT2D eigenvalue weighted by atomic mass is 9.98. The lowest BCUT2D eigenvalue weighted by Gasteiger charge is -2.12. The first-order chi connectivity index (χ1) is 7.11. The maximum Gasteiger partial charge on any atom is 0.149 e. The molecule has 0 radical (unpaired) electrons. The maximum atomic E-state index is 13.4. The van der Waals surface area contributed by atoms with Crippen LogP contribution in [0.4, 0.5) is 10.1 Å². The molecule has 0 aromatic heterocycles. The van der Waals surface area contributed by atoms with E-state index in [1.807, 2.05) is 19.9 Å². The molecule has 0 amide bonds. The highest BCUT2D eigenvalue weighted by Crippen LogP contribution is 2.25. The molecule has 0 saturated heterocycles. The number of aliphatic imine (C=N–C) groups is 2. The largest absolute Gasteiger partial charge is 0.292 e. The molecule has 1 aromatic rings. The van der Waals surface area contributed by atoms with Gasteiger partial charge in [-0.3, -0.25) is 9.98 Å². The van der Waals surface area contributed by atoms with E-state index < -0.39 is 0 Å². The minimum atomic E-state index is -0.357. The Hall–Kier alpha value is -1.51. The van der Waals surface area contributed by atoms with Crippen LogP contribution < -0.4 is 0 Å². The fraction of sp³-hybridized carbons (Fsp3) is 0.333. The van der Waals surface area contributed by atoms with Gasteiger partial charge in [0.05, 0.1) is 0 Å². The average Bonchev–Trinajstić information content (AvgIpc) is 2.18. The van der Waals surface area contributed by atoms with E-state index >= 15 is 0 Å². The number of nitrogens with zero attached hydrogens (tertiary/aromatic N) is 2. The molecule has 0 atom stereocenters. The standard InChI is InChI=1S/C12H15FN2/c1-8(2)11(14-3)9-6-5-7-10(13)12(9)15-4/h5-8H,4H2,1-3H3. The molecule has 80 valence electrons. The molecule has 0 spiro atoms. The predicted molar refractivity (Wildman–Crippen MR) is 62.9 cm³/mol. The smallest absolute Gasteiger partial charge is 0.149 e. The second kappa shape index (κ2) is 4.82. The summed E-state index contributed by atoms with van der Waals surface area (Å²) in [6.45, 7) is 7.41. The molecule has 2 nitrogen and oxygen atoms in total. The zero-order valence-electron chi connectivity index (χ0n) is 9.29. The number of benzene rings is 1. The average molecular weight is 206 g/mol. The summed E-state index contributed by atoms with van der Waals surface area (Å²) in [6, 6.07) is 4.85. The molecule has 0 saturated carbocycles. The minimum absolute atomic E-state index is 0.234. The Bertz CT molecular complexity index is 395. The summed E-state index contributed by atoms with van der Waals surface area (Å²) in [5.74, 6) is -0.124. The van der Waals surface area contributed by atoms with Gasteiger partial charge in [0.25, 0.3) is 0 Å². The number of hydrogen-bond donors (Lipinski definition) is 0. The summed E-state index contributed by atoms with van der Waals surface area (Å²) in [5.41, 5.74) is 1.85. The molecular formula is C12H15FN2. The molecule has 0 bridgehead atoms. The number of rotatable bonds is 3. The van der Waals surface area contributed by atoms with Crippen LogP contribution in [-0.2, 0) is 0 Å². The Labute approximate surface area is 89.6 Å². The van der Waals surface area contributed by atoms with E-state index in [2.05, 4.69) is 16.7 Å². The van der Waals surface area contributed by atoms with Gasteiger partial charge in [-0.1, -0.05) is 26.0 Å². The Morgan fingerprint density at radius 1 is 1.40 bits per heavy atom. The normalized spacial score (nSPS) is 11.9. The van der Waals surface area contributed by atoms with Crippen molar-refractivity contribution in [2.45, 2.75) is 13.8 Å². The van der Waals surface area contributed by atoms with Gasteiger partial charge in [0.2, 0.25) is 0 Å². The summed E-state index contributed by atoms with van der Waals surface area (Å²) in [6.07, 6.45) is 0. The summed E-state index contributed by atoms with van der Waals surface area (Å²) >= 11 is 0. The van der Waals surface area contributed by atoms with Crippen LogP contribution in [0.15, 0.2) is 28.2 Å². The topological polar surface area (TPSA) is 24.7 Å². The molecule has 0 aliphatic carbocycles. The number of para-hydroxylation sites is 1. The number of hydrogen-bond acceptors (Lipinski definition) is 2. The Kier molecular flexibility index (Phi) is 3.72. The highest BCUT2D eigenvalue weighted by atomic mass is 19.1. The molecular weight excluding hydrogens is 191 g/mol. The van der Waals surface area contributed by atoms with Crippen molar-refractivity contribution < 1.29 is 4.39 Å². The Morgan fingerprint density at radius 3 is 2.53 bits per heavy atom. The van der Waals surface area contributed by atoms with Gasteiger partial charge in [0, 0.05) is 18.3 Å². The molecule has 0 aliphatic rings. The lowest BCUT2D eigenvalue weighted by molar-refractivity contribution is 0.629. The van der Waals surface area contributed by atoms with Crippen LogP contribution in [0, 0.1) is 11.7 Å². The SMILES string of the molecule is C=Nc1c(F)cccc1C(=NC)C(C)C. The van der Waals surface area contributed by atoms with Gasteiger partial charge in [-0.25, -0.2) is 4.39 Å². The van der Waals surface area contributed by atoms with Gasteiger partial charge in [0.1, 0.15) is 11.5 Å². The summed E-state index contributed by atoms with van der Waals surface area (Å²) < 4.78 is 13.4. The summed E-state index contributed by atoms with van der Waals surface area (Å²) in [7, 11) is 1.70. The fourth-order valence-corrected chi connectivity index (χ4v) is 1.57. The Morgan fingerprint density at radius 2 is 2.07 bits per heavy atom. The third-order valence-corrected chi connectivity index (χ3v) is 2.21. The van der Waals surface area contributed by atoms with E-state index in [0.717, 1.165) is 11.3 Å². The van der Waals surface area contributed by atoms with Gasteiger partial charge < -0.3 is 0 Å². The van der Waals surface area contributed by atoms with Crippen LogP contribution in [0.5, 0.6) is 0 Å². The molecule has 0 fully saturated rings. The minimum Gasteiger partial charge on any atom is -0.292 e. The van der Waals surface area contributed by atoms with E-state index in [9.17, 15) is 4.39 Å². The summed E-state index contributed by atoms with van der Waals surface area (Å²) in [5, 5.41) is 0. The van der Waals surface area contributed by atoms with Crippen molar-refractivity contribution in [2.75, 3.05) is 7.05 Å². The van der Waals surface area contributed by atoms with Gasteiger partial charge >= 0.3 is 0 Å². The van der Waals surface area contributed by atoms with Crippen molar-refractivity contribution in [2.24, 2.45) is 15.9 Å². The van der Waals surface area contributed by atoms with Crippen LogP contribution in [0.2, 0.25) is 0 Å². The lowest BCUT2D eigenvalue weighted by Crippen LogP contribution is -2.10. The quantitative estimate of drug-likeness (QED) is 0.678. The van der Waals surface area contributed by atoms with Crippen LogP contribution in [0.3, 0.4) is 0 Å². The summed E-state index contributed by atoms with van der Waals surface area (Å²) in [4.78, 5) is 7.89. The third-order valence-electron chi connectivity index (χ3n) is 2.21. The third kappa shape index (κ3) is 2.29. The molecule has 0 aliphatic heterocycles. The van der Waals surface area contributed by atoms with Crippen molar-refractivity contribution in [1.82, 2.24) is 0 Å². The van der Waals surface area contributed by atoms with E-state index in [-0.39, 0.29) is 17.4 Å². The molecule has 3 heteroatoms. The molecule has 0 unspecified atom stereocenters. The highest BCUT2D eigenvalue weighted by Gasteiger charge is 2.14. The molecule has 0 heterocycles. The van der Waals surface area contributed by atoms with Crippen molar-refractivity contribution in [3.05, 3.63) is 29.6 Å².